The molecule has 0 aromatic heterocycles. The lowest BCUT2D eigenvalue weighted by molar-refractivity contribution is 0.0642. The van der Waals surface area contributed by atoms with Crippen LogP contribution in [-0.4, -0.2) is 41.8 Å². The van der Waals surface area contributed by atoms with E-state index in [9.17, 15) is 14.4 Å². The summed E-state index contributed by atoms with van der Waals surface area (Å²) in [6, 6.07) is 14.1. The lowest BCUT2D eigenvalue weighted by Gasteiger charge is -2.23. The van der Waals surface area contributed by atoms with E-state index in [1.807, 2.05) is 6.07 Å². The molecule has 2 aliphatic rings. The minimum absolute atomic E-state index is 0. The van der Waals surface area contributed by atoms with Crippen LogP contribution < -0.4 is 10.6 Å². The Hall–Kier alpha value is -2.70. The number of piperidine rings is 1. The summed E-state index contributed by atoms with van der Waals surface area (Å²) in [6.07, 6.45) is 1.83. The molecule has 2 aliphatic heterocycles. The molecule has 2 heterocycles. The third-order valence-corrected chi connectivity index (χ3v) is 5.08. The van der Waals surface area contributed by atoms with Gasteiger partial charge in [-0.25, -0.2) is 0 Å². The third-order valence-electron chi connectivity index (χ3n) is 5.08. The summed E-state index contributed by atoms with van der Waals surface area (Å²) in [4.78, 5) is 38.8. The van der Waals surface area contributed by atoms with Crippen molar-refractivity contribution in [3.63, 3.8) is 0 Å². The van der Waals surface area contributed by atoms with E-state index in [2.05, 4.69) is 10.6 Å². The Bertz CT molecular complexity index is 874. The summed E-state index contributed by atoms with van der Waals surface area (Å²) in [5.41, 5.74) is 2.16. The van der Waals surface area contributed by atoms with Crippen molar-refractivity contribution in [1.82, 2.24) is 15.5 Å². The zero-order valence-electron chi connectivity index (χ0n) is 15.3. The van der Waals surface area contributed by atoms with E-state index in [1.165, 1.54) is 4.90 Å². The van der Waals surface area contributed by atoms with Gasteiger partial charge in [-0.3, -0.25) is 19.3 Å². The molecule has 146 valence electrons. The molecule has 0 aliphatic carbocycles. The summed E-state index contributed by atoms with van der Waals surface area (Å²) >= 11 is 0. The first kappa shape index (κ1) is 20.0. The molecular weight excluding hydrogens is 378 g/mol. The van der Waals surface area contributed by atoms with Crippen molar-refractivity contribution in [3.8, 4) is 0 Å². The Morgan fingerprint density at radius 3 is 2.29 bits per heavy atom. The lowest BCUT2D eigenvalue weighted by atomic mass is 10.1. The molecule has 1 fully saturated rings. The highest BCUT2D eigenvalue weighted by Crippen LogP contribution is 2.24. The smallest absolute Gasteiger partial charge is 0.261 e. The van der Waals surface area contributed by atoms with E-state index < -0.39 is 0 Å². The van der Waals surface area contributed by atoms with Gasteiger partial charge in [-0.1, -0.05) is 24.3 Å². The average Bonchev–Trinajstić information content (AvgIpc) is 2.94. The highest BCUT2D eigenvalue weighted by Gasteiger charge is 2.35. The number of carbonyl (C=O) groups is 3. The van der Waals surface area contributed by atoms with Crippen molar-refractivity contribution in [2.45, 2.75) is 25.4 Å². The molecule has 28 heavy (non-hydrogen) atoms. The lowest BCUT2D eigenvalue weighted by Crippen LogP contribution is -2.42. The number of nitrogens with zero attached hydrogens (tertiary/aromatic N) is 1. The molecule has 2 N–H and O–H groups in total. The van der Waals surface area contributed by atoms with Crippen molar-refractivity contribution < 1.29 is 14.4 Å². The number of imide groups is 1. The summed E-state index contributed by atoms with van der Waals surface area (Å²) < 4.78 is 0. The van der Waals surface area contributed by atoms with Crippen LogP contribution >= 0.6 is 12.4 Å². The van der Waals surface area contributed by atoms with Crippen LogP contribution in [0.15, 0.2) is 48.5 Å². The minimum atomic E-state index is -0.292. The first-order valence-corrected chi connectivity index (χ1v) is 9.19. The van der Waals surface area contributed by atoms with Gasteiger partial charge in [0.15, 0.2) is 0 Å². The SMILES string of the molecule is Cl.O=C(NC1CCNCC1)c1cccc(CN2C(=O)c3ccccc3C2=O)c1. The fourth-order valence-corrected chi connectivity index (χ4v) is 3.61. The van der Waals surface area contributed by atoms with Gasteiger partial charge in [0, 0.05) is 11.6 Å². The number of benzene rings is 2. The molecule has 4 rings (SSSR count). The van der Waals surface area contributed by atoms with Crippen LogP contribution in [0.3, 0.4) is 0 Å². The van der Waals surface area contributed by atoms with Crippen LogP contribution in [0.5, 0.6) is 0 Å². The third kappa shape index (κ3) is 3.93. The molecule has 0 bridgehead atoms. The van der Waals surface area contributed by atoms with Gasteiger partial charge >= 0.3 is 0 Å². The number of fused-ring (bicyclic) bond motifs is 1. The Balaban J connectivity index is 0.00000225. The highest BCUT2D eigenvalue weighted by molar-refractivity contribution is 6.21. The topological polar surface area (TPSA) is 78.5 Å². The van der Waals surface area contributed by atoms with Crippen LogP contribution in [0.25, 0.3) is 0 Å². The summed E-state index contributed by atoms with van der Waals surface area (Å²) in [5, 5.41) is 6.33. The molecule has 0 spiro atoms. The van der Waals surface area contributed by atoms with Gasteiger partial charge < -0.3 is 10.6 Å². The van der Waals surface area contributed by atoms with Gasteiger partial charge in [-0.2, -0.15) is 0 Å². The van der Waals surface area contributed by atoms with Crippen molar-refractivity contribution >= 4 is 30.1 Å². The van der Waals surface area contributed by atoms with E-state index in [0.717, 1.165) is 31.5 Å². The molecule has 6 nitrogen and oxygen atoms in total. The first-order chi connectivity index (χ1) is 13.1. The molecule has 0 atom stereocenters. The maximum absolute atomic E-state index is 12.5. The average molecular weight is 400 g/mol. The molecule has 0 unspecified atom stereocenters. The molecular formula is C21H22ClN3O3. The van der Waals surface area contributed by atoms with E-state index in [-0.39, 0.29) is 42.7 Å². The van der Waals surface area contributed by atoms with Gasteiger partial charge in [0.1, 0.15) is 0 Å². The number of hydrogen-bond acceptors (Lipinski definition) is 4. The van der Waals surface area contributed by atoms with Gasteiger partial charge in [0.2, 0.25) is 0 Å². The summed E-state index contributed by atoms with van der Waals surface area (Å²) in [5.74, 6) is -0.702. The number of halogens is 1. The van der Waals surface area contributed by atoms with Crippen molar-refractivity contribution in [2.24, 2.45) is 0 Å². The second-order valence-corrected chi connectivity index (χ2v) is 6.94. The predicted octanol–water partition coefficient (Wildman–Crippen LogP) is 2.39. The van der Waals surface area contributed by atoms with Gasteiger partial charge in [0.05, 0.1) is 17.7 Å². The summed E-state index contributed by atoms with van der Waals surface area (Å²) in [7, 11) is 0. The number of carbonyl (C=O) groups excluding carboxylic acids is 3. The zero-order chi connectivity index (χ0) is 18.8. The Morgan fingerprint density at radius 2 is 1.64 bits per heavy atom. The highest BCUT2D eigenvalue weighted by atomic mass is 35.5. The van der Waals surface area contributed by atoms with E-state index in [0.29, 0.717) is 16.7 Å². The van der Waals surface area contributed by atoms with Crippen molar-refractivity contribution in [1.29, 1.82) is 0 Å². The predicted molar refractivity (Wildman–Crippen MR) is 108 cm³/mol. The zero-order valence-corrected chi connectivity index (χ0v) is 16.1. The fourth-order valence-electron chi connectivity index (χ4n) is 3.61. The normalized spacial score (nSPS) is 16.5. The monoisotopic (exact) mass is 399 g/mol. The minimum Gasteiger partial charge on any atom is -0.349 e. The van der Waals surface area contributed by atoms with Crippen LogP contribution in [0, 0.1) is 0 Å². The number of amides is 3. The maximum Gasteiger partial charge on any atom is 0.261 e. The molecule has 2 aromatic carbocycles. The molecule has 0 radical (unpaired) electrons. The standard InChI is InChI=1S/C21H21N3O3.ClH/c25-19(23-16-8-10-22-11-9-16)15-5-3-4-14(12-15)13-24-20(26)17-6-1-2-7-18(17)21(24)27;/h1-7,12,16,22H,8-11,13H2,(H,23,25);1H. The Kier molecular flexibility index (Phi) is 6.11. The second kappa shape index (κ2) is 8.54. The maximum atomic E-state index is 12.5. The van der Waals surface area contributed by atoms with E-state index >= 15 is 0 Å². The van der Waals surface area contributed by atoms with Crippen molar-refractivity contribution in [3.05, 3.63) is 70.8 Å². The Labute approximate surface area is 169 Å². The molecule has 0 saturated carbocycles. The fraction of sp³-hybridized carbons (Fsp3) is 0.286. The van der Waals surface area contributed by atoms with E-state index in [4.69, 9.17) is 0 Å². The largest absolute Gasteiger partial charge is 0.349 e. The molecule has 3 amide bonds. The van der Waals surface area contributed by atoms with Gasteiger partial charge in [0.25, 0.3) is 17.7 Å². The molecule has 7 heteroatoms. The first-order valence-electron chi connectivity index (χ1n) is 9.19. The molecule has 2 aromatic rings. The summed E-state index contributed by atoms with van der Waals surface area (Å²) in [6.45, 7) is 1.97. The quantitative estimate of drug-likeness (QED) is 0.774. The number of nitrogens with one attached hydrogen (secondary N) is 2. The van der Waals surface area contributed by atoms with E-state index in [1.54, 1.807) is 42.5 Å². The van der Waals surface area contributed by atoms with Crippen LogP contribution in [0.2, 0.25) is 0 Å². The van der Waals surface area contributed by atoms with Crippen LogP contribution in [0.4, 0.5) is 0 Å². The van der Waals surface area contributed by atoms with Gasteiger partial charge in [-0.15, -0.1) is 12.4 Å². The second-order valence-electron chi connectivity index (χ2n) is 6.94. The van der Waals surface area contributed by atoms with Crippen molar-refractivity contribution in [2.75, 3.05) is 13.1 Å². The number of hydrogen-bond donors (Lipinski definition) is 2. The van der Waals surface area contributed by atoms with Crippen LogP contribution in [-0.2, 0) is 6.54 Å². The number of rotatable bonds is 4. The molecule has 1 saturated heterocycles. The van der Waals surface area contributed by atoms with Crippen LogP contribution in [0.1, 0.15) is 49.5 Å². The van der Waals surface area contributed by atoms with Gasteiger partial charge in [-0.05, 0) is 55.8 Å². The Morgan fingerprint density at radius 1 is 1.00 bits per heavy atom.